The number of nitrogens with one attached hydrogen (secondary N) is 8. The molecule has 0 bridgehead atoms. The number of aliphatic hydroxyl groups is 3. The third-order valence-electron chi connectivity index (χ3n) is 9.92. The molecule has 0 aliphatic heterocycles. The Hall–Kier alpha value is -5.64. The highest BCUT2D eigenvalue weighted by Gasteiger charge is 2.38. The summed E-state index contributed by atoms with van der Waals surface area (Å²) in [6, 6.07) is -14.9. The minimum Gasteiger partial charge on any atom is -0.481 e. The van der Waals surface area contributed by atoms with E-state index in [1.807, 2.05) is 5.32 Å². The molecule has 0 fully saturated rings. The Kier molecular flexibility index (Phi) is 26.6. The third-order valence-corrected chi connectivity index (χ3v) is 10.3. The van der Waals surface area contributed by atoms with Crippen molar-refractivity contribution < 1.29 is 83.4 Å². The quantitative estimate of drug-likeness (QED) is 0.0299. The van der Waals surface area contributed by atoms with E-state index in [0.29, 0.717) is 0 Å². The fraction of sp³-hybridized carbons (Fsp3) is 0.718. The van der Waals surface area contributed by atoms with Gasteiger partial charge >= 0.3 is 17.9 Å². The summed E-state index contributed by atoms with van der Waals surface area (Å²) in [5, 5.41) is 75.7. The summed E-state index contributed by atoms with van der Waals surface area (Å²) in [6.45, 7) is 11.0. The molecule has 66 heavy (non-hydrogen) atoms. The van der Waals surface area contributed by atoms with Crippen molar-refractivity contribution in [1.82, 2.24) is 42.5 Å². The summed E-state index contributed by atoms with van der Waals surface area (Å²) in [5.41, 5.74) is 5.82. The van der Waals surface area contributed by atoms with Crippen LogP contribution in [0.4, 0.5) is 0 Å². The SMILES string of the molecule is CC[C@H](C)[C@H](NC(=O)[C@H](CC(=O)O)NC(=O)[C@H](CC(=O)O)NC(=O)[C@@H](NC(=O)[C@@H](N)C(C)C)[C@@H](C)O)C(=O)N[C@@H](CC(C)C)C(=O)N[C@@H](CS)C(=O)N[C@H](C(=O)N[C@@H](CO)C(=O)O)[C@@H](C)O. The van der Waals surface area contributed by atoms with Crippen LogP contribution in [0.5, 0.6) is 0 Å². The maximum atomic E-state index is 13.9. The number of carboxylic acid groups (broad SMARTS) is 3. The molecule has 0 aromatic carbocycles. The van der Waals surface area contributed by atoms with Gasteiger partial charge in [-0.2, -0.15) is 12.6 Å². The number of thiol groups is 1. The predicted octanol–water partition coefficient (Wildman–Crippen LogP) is -5.34. The first-order valence-electron chi connectivity index (χ1n) is 21.0. The molecular formula is C39H67N9O17S. The van der Waals surface area contributed by atoms with Gasteiger partial charge < -0.3 is 78.9 Å². The average molecular weight is 966 g/mol. The minimum absolute atomic E-state index is 0.0609. The molecule has 16 N–H and O–H groups in total. The largest absolute Gasteiger partial charge is 0.481 e. The molecule has 27 heteroatoms. The molecule has 0 rings (SSSR count). The topological polar surface area (TPSA) is 431 Å². The molecule has 376 valence electrons. The highest BCUT2D eigenvalue weighted by atomic mass is 32.1. The molecule has 8 amide bonds. The molecule has 0 spiro atoms. The zero-order valence-electron chi connectivity index (χ0n) is 38.0. The van der Waals surface area contributed by atoms with Crippen molar-refractivity contribution in [3.05, 3.63) is 0 Å². The number of carboxylic acids is 3. The number of aliphatic carboxylic acids is 3. The standard InChI is InChI=1S/C39H67N9O17S/c1-9-17(6)28(36(61)42-20(10-15(2)3)31(56)45-24(14-66)34(59)47-29(18(7)50)38(63)44-23(13-49)39(64)65)46-33(58)22(12-26(54)55)41-32(57)21(11-25(52)53)43-37(62)30(19(8)51)48-35(60)27(40)16(4)5/h15-24,27-30,49-51,66H,9-14,40H2,1-8H3,(H,41,57)(H,42,61)(H,43,62)(H,44,63)(H,45,56)(H,46,58)(H,47,59)(H,48,60)(H,52,53)(H,54,55)(H,64,65)/t17-,18+,19+,20-,21-,22-,23-,24-,27-,28-,29-,30-/m0/s1. The Morgan fingerprint density at radius 1 is 0.500 bits per heavy atom. The molecule has 0 heterocycles. The Labute approximate surface area is 386 Å². The molecule has 0 saturated carbocycles. The van der Waals surface area contributed by atoms with Gasteiger partial charge in [0.2, 0.25) is 47.3 Å². The Morgan fingerprint density at radius 2 is 0.848 bits per heavy atom. The lowest BCUT2D eigenvalue weighted by molar-refractivity contribution is -0.144. The van der Waals surface area contributed by atoms with Gasteiger partial charge in [0.25, 0.3) is 0 Å². The molecule has 0 aliphatic rings. The molecule has 0 saturated heterocycles. The van der Waals surface area contributed by atoms with Gasteiger partial charge in [-0.3, -0.25) is 47.9 Å². The minimum atomic E-state index is -2.01. The van der Waals surface area contributed by atoms with E-state index in [1.54, 1.807) is 34.6 Å². The lowest BCUT2D eigenvalue weighted by Gasteiger charge is -2.30. The zero-order valence-corrected chi connectivity index (χ0v) is 38.9. The third kappa shape index (κ3) is 20.7. The fourth-order valence-electron chi connectivity index (χ4n) is 5.75. The second-order valence-corrected chi connectivity index (χ2v) is 16.8. The Bertz CT molecular complexity index is 1730. The fourth-order valence-corrected chi connectivity index (χ4v) is 6.01. The smallest absolute Gasteiger partial charge is 0.328 e. The second-order valence-electron chi connectivity index (χ2n) is 16.4. The van der Waals surface area contributed by atoms with E-state index in [4.69, 9.17) is 10.8 Å². The summed E-state index contributed by atoms with van der Waals surface area (Å²) in [7, 11) is 0. The number of carbonyl (C=O) groups is 11. The molecule has 0 radical (unpaired) electrons. The van der Waals surface area contributed by atoms with Crippen LogP contribution < -0.4 is 48.3 Å². The van der Waals surface area contributed by atoms with Gasteiger partial charge in [-0.1, -0.05) is 48.0 Å². The molecule has 12 atom stereocenters. The molecule has 26 nitrogen and oxygen atoms in total. The number of nitrogens with two attached hydrogens (primary N) is 1. The Balaban J connectivity index is 6.48. The van der Waals surface area contributed by atoms with Crippen molar-refractivity contribution in [2.75, 3.05) is 12.4 Å². The first-order chi connectivity index (χ1) is 30.5. The first kappa shape index (κ1) is 60.4. The summed E-state index contributed by atoms with van der Waals surface area (Å²) >= 11 is 4.09. The lowest BCUT2D eigenvalue weighted by Crippen LogP contribution is -2.62. The number of aliphatic hydroxyl groups excluding tert-OH is 3. The zero-order chi connectivity index (χ0) is 51.3. The van der Waals surface area contributed by atoms with Crippen LogP contribution in [-0.4, -0.2) is 175 Å². The van der Waals surface area contributed by atoms with Crippen molar-refractivity contribution in [2.24, 2.45) is 23.5 Å². The van der Waals surface area contributed by atoms with E-state index in [9.17, 15) is 78.3 Å². The van der Waals surface area contributed by atoms with Crippen molar-refractivity contribution in [3.8, 4) is 0 Å². The van der Waals surface area contributed by atoms with Gasteiger partial charge in [0.15, 0.2) is 0 Å². The van der Waals surface area contributed by atoms with Gasteiger partial charge in [-0.15, -0.1) is 0 Å². The van der Waals surface area contributed by atoms with Crippen molar-refractivity contribution in [1.29, 1.82) is 0 Å². The molecule has 0 aromatic rings. The molecule has 0 unspecified atom stereocenters. The number of carbonyl (C=O) groups excluding carboxylic acids is 8. The summed E-state index contributed by atoms with van der Waals surface area (Å²) in [6.07, 6.45) is -5.28. The van der Waals surface area contributed by atoms with E-state index >= 15 is 0 Å². The average Bonchev–Trinajstić information content (AvgIpc) is 3.21. The summed E-state index contributed by atoms with van der Waals surface area (Å²) < 4.78 is 0. The molecular weight excluding hydrogens is 899 g/mol. The van der Waals surface area contributed by atoms with E-state index in [1.165, 1.54) is 6.92 Å². The second kappa shape index (κ2) is 29.1. The lowest BCUT2D eigenvalue weighted by atomic mass is 9.96. The number of hydrogen-bond acceptors (Lipinski definition) is 16. The van der Waals surface area contributed by atoms with Crippen LogP contribution in [0.2, 0.25) is 0 Å². The first-order valence-corrected chi connectivity index (χ1v) is 21.6. The maximum Gasteiger partial charge on any atom is 0.328 e. The Morgan fingerprint density at radius 3 is 1.23 bits per heavy atom. The van der Waals surface area contributed by atoms with Gasteiger partial charge in [-0.05, 0) is 38.0 Å². The van der Waals surface area contributed by atoms with Gasteiger partial charge in [0, 0.05) is 5.75 Å². The highest BCUT2D eigenvalue weighted by Crippen LogP contribution is 2.13. The number of amides is 8. The number of rotatable bonds is 30. The van der Waals surface area contributed by atoms with Gasteiger partial charge in [-0.25, -0.2) is 4.79 Å². The van der Waals surface area contributed by atoms with Crippen LogP contribution in [0.3, 0.4) is 0 Å². The molecule has 0 aromatic heterocycles. The van der Waals surface area contributed by atoms with Crippen LogP contribution in [0, 0.1) is 17.8 Å². The normalized spacial score (nSPS) is 16.7. The summed E-state index contributed by atoms with van der Waals surface area (Å²) in [4.78, 5) is 141. The maximum absolute atomic E-state index is 13.9. The predicted molar refractivity (Wildman–Crippen MR) is 234 cm³/mol. The van der Waals surface area contributed by atoms with Crippen molar-refractivity contribution >= 4 is 77.8 Å². The van der Waals surface area contributed by atoms with E-state index < -0.39 is 169 Å². The monoisotopic (exact) mass is 965 g/mol. The summed E-state index contributed by atoms with van der Waals surface area (Å²) in [5.74, 6) is -15.6. The van der Waals surface area contributed by atoms with Crippen molar-refractivity contribution in [2.45, 2.75) is 148 Å². The van der Waals surface area contributed by atoms with Crippen LogP contribution in [0.25, 0.3) is 0 Å². The van der Waals surface area contributed by atoms with Crippen LogP contribution in [0.15, 0.2) is 0 Å². The van der Waals surface area contributed by atoms with E-state index in [0.717, 1.165) is 13.8 Å². The highest BCUT2D eigenvalue weighted by molar-refractivity contribution is 7.80. The molecule has 0 aliphatic carbocycles. The van der Waals surface area contributed by atoms with Crippen LogP contribution in [-0.2, 0) is 52.7 Å². The van der Waals surface area contributed by atoms with Gasteiger partial charge in [0.1, 0.15) is 48.3 Å². The van der Waals surface area contributed by atoms with E-state index in [2.05, 4.69) is 49.8 Å². The van der Waals surface area contributed by atoms with Crippen LogP contribution >= 0.6 is 12.6 Å². The van der Waals surface area contributed by atoms with E-state index in [-0.39, 0.29) is 18.8 Å². The van der Waals surface area contributed by atoms with Crippen LogP contribution in [0.1, 0.15) is 81.1 Å². The number of hydrogen-bond donors (Lipinski definition) is 16. The van der Waals surface area contributed by atoms with Crippen molar-refractivity contribution in [3.63, 3.8) is 0 Å². The van der Waals surface area contributed by atoms with Gasteiger partial charge in [0.05, 0.1) is 37.7 Å².